The highest BCUT2D eigenvalue weighted by Gasteiger charge is 2.32. The van der Waals surface area contributed by atoms with Gasteiger partial charge in [-0.2, -0.15) is 0 Å². The highest BCUT2D eigenvalue weighted by Crippen LogP contribution is 2.21. The summed E-state index contributed by atoms with van der Waals surface area (Å²) in [6.07, 6.45) is 0. The predicted octanol–water partition coefficient (Wildman–Crippen LogP) is 0.231. The summed E-state index contributed by atoms with van der Waals surface area (Å²) < 4.78 is 0. The molecule has 0 amide bonds. The lowest BCUT2D eigenvalue weighted by atomic mass is 9.92. The Kier molecular flexibility index (Phi) is 2.44. The molecule has 0 aliphatic carbocycles. The Morgan fingerprint density at radius 1 is 1.57 bits per heavy atom. The molecule has 5 nitrogen and oxygen atoms in total. The van der Waals surface area contributed by atoms with E-state index in [0.29, 0.717) is 17.1 Å². The standard InChI is InChI=1S/C9H13N3O2/c1-5-6(3-4-7(10)12-5)9(2,11)8(13)14/h3-4H,11H2,1-2H3,(H2,10,12)(H,13,14). The molecule has 76 valence electrons. The van der Waals surface area contributed by atoms with Crippen molar-refractivity contribution in [2.45, 2.75) is 19.4 Å². The summed E-state index contributed by atoms with van der Waals surface area (Å²) >= 11 is 0. The smallest absolute Gasteiger partial charge is 0.328 e. The number of pyridine rings is 1. The van der Waals surface area contributed by atoms with Crippen LogP contribution in [0.25, 0.3) is 0 Å². The summed E-state index contributed by atoms with van der Waals surface area (Å²) in [5.41, 5.74) is 10.7. The van der Waals surface area contributed by atoms with Gasteiger partial charge in [0.2, 0.25) is 0 Å². The lowest BCUT2D eigenvalue weighted by Crippen LogP contribution is -2.42. The van der Waals surface area contributed by atoms with E-state index in [9.17, 15) is 4.79 Å². The Hall–Kier alpha value is -1.62. The first-order valence-corrected chi connectivity index (χ1v) is 4.11. The number of carboxylic acid groups (broad SMARTS) is 1. The lowest BCUT2D eigenvalue weighted by Gasteiger charge is -2.21. The van der Waals surface area contributed by atoms with Crippen molar-refractivity contribution in [1.82, 2.24) is 4.98 Å². The largest absolute Gasteiger partial charge is 0.480 e. The summed E-state index contributed by atoms with van der Waals surface area (Å²) in [5.74, 6) is -0.736. The van der Waals surface area contributed by atoms with Gasteiger partial charge in [0, 0.05) is 11.3 Å². The first kappa shape index (κ1) is 10.5. The van der Waals surface area contributed by atoms with Gasteiger partial charge in [0.25, 0.3) is 0 Å². The topological polar surface area (TPSA) is 102 Å². The summed E-state index contributed by atoms with van der Waals surface area (Å²) in [7, 11) is 0. The number of nitrogen functional groups attached to an aromatic ring is 1. The van der Waals surface area contributed by atoms with Crippen molar-refractivity contribution < 1.29 is 9.90 Å². The van der Waals surface area contributed by atoms with Crippen LogP contribution in [-0.4, -0.2) is 16.1 Å². The van der Waals surface area contributed by atoms with Crippen LogP contribution in [0.4, 0.5) is 5.82 Å². The Morgan fingerprint density at radius 2 is 2.14 bits per heavy atom. The third kappa shape index (κ3) is 1.67. The molecule has 1 heterocycles. The maximum Gasteiger partial charge on any atom is 0.328 e. The number of carbonyl (C=O) groups is 1. The predicted molar refractivity (Wildman–Crippen MR) is 52.6 cm³/mol. The molecule has 0 aromatic carbocycles. The van der Waals surface area contributed by atoms with Gasteiger partial charge >= 0.3 is 5.97 Å². The molecule has 5 heteroatoms. The fraction of sp³-hybridized carbons (Fsp3) is 0.333. The molecule has 1 rings (SSSR count). The van der Waals surface area contributed by atoms with Crippen molar-refractivity contribution in [3.8, 4) is 0 Å². The van der Waals surface area contributed by atoms with E-state index in [2.05, 4.69) is 4.98 Å². The van der Waals surface area contributed by atoms with Gasteiger partial charge in [0.05, 0.1) is 0 Å². The number of aliphatic carboxylic acids is 1. The van der Waals surface area contributed by atoms with Crippen molar-refractivity contribution in [2.75, 3.05) is 5.73 Å². The second kappa shape index (κ2) is 3.26. The van der Waals surface area contributed by atoms with E-state index in [1.165, 1.54) is 13.0 Å². The third-order valence-corrected chi connectivity index (χ3v) is 2.11. The number of hydrogen-bond acceptors (Lipinski definition) is 4. The van der Waals surface area contributed by atoms with Gasteiger partial charge in [-0.15, -0.1) is 0 Å². The van der Waals surface area contributed by atoms with E-state index in [1.54, 1.807) is 13.0 Å². The van der Waals surface area contributed by atoms with Gasteiger partial charge in [-0.1, -0.05) is 6.07 Å². The first-order chi connectivity index (χ1) is 6.35. The van der Waals surface area contributed by atoms with Crippen molar-refractivity contribution in [1.29, 1.82) is 0 Å². The van der Waals surface area contributed by atoms with Gasteiger partial charge in [-0.25, -0.2) is 9.78 Å². The van der Waals surface area contributed by atoms with Crippen LogP contribution in [0.5, 0.6) is 0 Å². The Bertz CT molecular complexity index is 374. The number of aromatic nitrogens is 1. The fourth-order valence-electron chi connectivity index (χ4n) is 1.24. The van der Waals surface area contributed by atoms with Gasteiger partial charge in [0.15, 0.2) is 0 Å². The molecule has 0 aliphatic rings. The second-order valence-corrected chi connectivity index (χ2v) is 3.38. The van der Waals surface area contributed by atoms with E-state index in [4.69, 9.17) is 16.6 Å². The maximum atomic E-state index is 10.9. The Labute approximate surface area is 81.7 Å². The summed E-state index contributed by atoms with van der Waals surface area (Å²) in [6.45, 7) is 3.11. The number of nitrogens with zero attached hydrogens (tertiary/aromatic N) is 1. The molecule has 1 unspecified atom stereocenters. The molecule has 1 aromatic rings. The summed E-state index contributed by atoms with van der Waals surface area (Å²) in [5, 5.41) is 8.90. The molecule has 5 N–H and O–H groups in total. The molecular formula is C9H13N3O2. The average Bonchev–Trinajstić information content (AvgIpc) is 2.02. The quantitative estimate of drug-likeness (QED) is 0.627. The molecular weight excluding hydrogens is 182 g/mol. The van der Waals surface area contributed by atoms with Gasteiger partial charge in [-0.05, 0) is 19.9 Å². The molecule has 0 radical (unpaired) electrons. The zero-order valence-corrected chi connectivity index (χ0v) is 8.11. The molecule has 0 spiro atoms. The third-order valence-electron chi connectivity index (χ3n) is 2.11. The number of nitrogens with two attached hydrogens (primary N) is 2. The van der Waals surface area contributed by atoms with Crippen LogP contribution in [0, 0.1) is 6.92 Å². The van der Waals surface area contributed by atoms with Crippen LogP contribution in [-0.2, 0) is 10.3 Å². The van der Waals surface area contributed by atoms with E-state index < -0.39 is 11.5 Å². The van der Waals surface area contributed by atoms with Gasteiger partial charge in [0.1, 0.15) is 11.4 Å². The summed E-state index contributed by atoms with van der Waals surface area (Å²) in [6, 6.07) is 3.13. The van der Waals surface area contributed by atoms with Crippen molar-refractivity contribution >= 4 is 11.8 Å². The molecule has 0 saturated carbocycles. The van der Waals surface area contributed by atoms with Crippen LogP contribution < -0.4 is 11.5 Å². The lowest BCUT2D eigenvalue weighted by molar-refractivity contribution is -0.143. The minimum atomic E-state index is -1.43. The summed E-state index contributed by atoms with van der Waals surface area (Å²) in [4.78, 5) is 14.8. The average molecular weight is 195 g/mol. The molecule has 0 saturated heterocycles. The minimum absolute atomic E-state index is 0.354. The SMILES string of the molecule is Cc1nc(N)ccc1C(C)(N)C(=O)O. The van der Waals surface area contributed by atoms with Gasteiger partial charge in [-0.3, -0.25) is 0 Å². The molecule has 1 aromatic heterocycles. The Balaban J connectivity index is 3.26. The highest BCUT2D eigenvalue weighted by molar-refractivity contribution is 5.80. The van der Waals surface area contributed by atoms with Crippen molar-refractivity contribution in [3.63, 3.8) is 0 Å². The van der Waals surface area contributed by atoms with E-state index in [-0.39, 0.29) is 0 Å². The van der Waals surface area contributed by atoms with Crippen molar-refractivity contribution in [2.24, 2.45) is 5.73 Å². The van der Waals surface area contributed by atoms with Crippen LogP contribution in [0.2, 0.25) is 0 Å². The number of rotatable bonds is 2. The second-order valence-electron chi connectivity index (χ2n) is 3.38. The molecule has 0 aliphatic heterocycles. The van der Waals surface area contributed by atoms with E-state index >= 15 is 0 Å². The molecule has 0 bridgehead atoms. The molecule has 1 atom stereocenters. The minimum Gasteiger partial charge on any atom is -0.480 e. The number of aryl methyl sites for hydroxylation is 1. The first-order valence-electron chi connectivity index (χ1n) is 4.11. The zero-order chi connectivity index (χ0) is 10.9. The normalized spacial score (nSPS) is 14.8. The Morgan fingerprint density at radius 3 is 2.57 bits per heavy atom. The zero-order valence-electron chi connectivity index (χ0n) is 8.11. The number of hydrogen-bond donors (Lipinski definition) is 3. The number of anilines is 1. The fourth-order valence-corrected chi connectivity index (χ4v) is 1.24. The molecule has 0 fully saturated rings. The van der Waals surface area contributed by atoms with Crippen molar-refractivity contribution in [3.05, 3.63) is 23.4 Å². The number of carboxylic acids is 1. The van der Waals surface area contributed by atoms with Crippen LogP contribution in [0.15, 0.2) is 12.1 Å². The molecule has 14 heavy (non-hydrogen) atoms. The van der Waals surface area contributed by atoms with Crippen LogP contribution in [0.3, 0.4) is 0 Å². The van der Waals surface area contributed by atoms with E-state index in [0.717, 1.165) is 0 Å². The van der Waals surface area contributed by atoms with Crippen LogP contribution >= 0.6 is 0 Å². The monoisotopic (exact) mass is 195 g/mol. The van der Waals surface area contributed by atoms with Gasteiger partial charge < -0.3 is 16.6 Å². The van der Waals surface area contributed by atoms with Crippen LogP contribution in [0.1, 0.15) is 18.2 Å². The maximum absolute atomic E-state index is 10.9. The van der Waals surface area contributed by atoms with E-state index in [1.807, 2.05) is 0 Å². The highest BCUT2D eigenvalue weighted by atomic mass is 16.4.